The van der Waals surface area contributed by atoms with Gasteiger partial charge in [0.1, 0.15) is 22.9 Å². The largest absolute Gasteiger partial charge is 0.454 e. The van der Waals surface area contributed by atoms with E-state index in [2.05, 4.69) is 4.98 Å². The maximum Gasteiger partial charge on any atom is 0.153 e. The number of para-hydroxylation sites is 1. The van der Waals surface area contributed by atoms with Gasteiger partial charge in [-0.3, -0.25) is 10.4 Å². The van der Waals surface area contributed by atoms with Crippen molar-refractivity contribution in [1.82, 2.24) is 4.98 Å². The Bertz CT molecular complexity index is 827. The van der Waals surface area contributed by atoms with Crippen molar-refractivity contribution in [3.05, 3.63) is 66.1 Å². The van der Waals surface area contributed by atoms with E-state index in [1.165, 1.54) is 18.2 Å². The fourth-order valence-corrected chi connectivity index (χ4v) is 2.08. The molecule has 0 aliphatic heterocycles. The summed E-state index contributed by atoms with van der Waals surface area (Å²) in [6.45, 7) is 0. The lowest BCUT2D eigenvalue weighted by atomic mass is 10.1. The lowest BCUT2D eigenvalue weighted by molar-refractivity contribution is 0.483. The molecule has 3 N–H and O–H groups in total. The quantitative estimate of drug-likeness (QED) is 0.570. The lowest BCUT2D eigenvalue weighted by Crippen LogP contribution is -2.12. The van der Waals surface area contributed by atoms with E-state index < -0.39 is 5.82 Å². The van der Waals surface area contributed by atoms with Gasteiger partial charge >= 0.3 is 0 Å². The van der Waals surface area contributed by atoms with Gasteiger partial charge in [-0.1, -0.05) is 18.2 Å². The number of pyridine rings is 1. The number of nitrogens with zero attached hydrogens (tertiary/aromatic N) is 1. The molecule has 2 aromatic carbocycles. The van der Waals surface area contributed by atoms with Crippen LogP contribution in [0.25, 0.3) is 10.9 Å². The van der Waals surface area contributed by atoms with Crippen LogP contribution in [0.15, 0.2) is 54.7 Å². The minimum atomic E-state index is -0.469. The molecule has 0 bridgehead atoms. The van der Waals surface area contributed by atoms with Crippen molar-refractivity contribution in [1.29, 1.82) is 5.41 Å². The zero-order valence-electron chi connectivity index (χ0n) is 11.0. The van der Waals surface area contributed by atoms with Crippen LogP contribution in [0, 0.1) is 11.2 Å². The van der Waals surface area contributed by atoms with Gasteiger partial charge in [0, 0.05) is 11.6 Å². The molecule has 21 heavy (non-hydrogen) atoms. The fraction of sp³-hybridized carbons (Fsp3) is 0. The average molecular weight is 281 g/mol. The van der Waals surface area contributed by atoms with Crippen LogP contribution in [-0.2, 0) is 0 Å². The monoisotopic (exact) mass is 281 g/mol. The minimum absolute atomic E-state index is 0.211. The van der Waals surface area contributed by atoms with E-state index in [1.54, 1.807) is 12.3 Å². The summed E-state index contributed by atoms with van der Waals surface area (Å²) in [5.74, 6) is 0.130. The van der Waals surface area contributed by atoms with Gasteiger partial charge in [-0.15, -0.1) is 0 Å². The number of hydrogen-bond donors (Lipinski definition) is 2. The van der Waals surface area contributed by atoms with Gasteiger partial charge in [0.2, 0.25) is 0 Å². The number of nitrogens with one attached hydrogen (secondary N) is 1. The van der Waals surface area contributed by atoms with Crippen LogP contribution >= 0.6 is 0 Å². The molecule has 0 aliphatic rings. The van der Waals surface area contributed by atoms with Crippen molar-refractivity contribution in [2.75, 3.05) is 0 Å². The second kappa shape index (κ2) is 5.20. The van der Waals surface area contributed by atoms with Crippen molar-refractivity contribution in [2.24, 2.45) is 5.73 Å². The maximum absolute atomic E-state index is 13.3. The Hall–Kier alpha value is -2.95. The highest BCUT2D eigenvalue weighted by Crippen LogP contribution is 2.30. The van der Waals surface area contributed by atoms with Gasteiger partial charge in [-0.05, 0) is 30.3 Å². The number of nitrogen functional groups attached to an aromatic ring is 1. The van der Waals surface area contributed by atoms with Crippen molar-refractivity contribution >= 4 is 16.7 Å². The Morgan fingerprint density at radius 2 is 1.90 bits per heavy atom. The molecular weight excluding hydrogens is 269 g/mol. The molecule has 4 nitrogen and oxygen atoms in total. The topological polar surface area (TPSA) is 72.0 Å². The van der Waals surface area contributed by atoms with E-state index in [1.807, 2.05) is 24.3 Å². The Labute approximate surface area is 120 Å². The van der Waals surface area contributed by atoms with Gasteiger partial charge in [0.25, 0.3) is 0 Å². The second-order valence-corrected chi connectivity index (χ2v) is 4.49. The molecule has 0 radical (unpaired) electrons. The Morgan fingerprint density at radius 3 is 2.71 bits per heavy atom. The third-order valence-electron chi connectivity index (χ3n) is 3.05. The third kappa shape index (κ3) is 2.53. The fourth-order valence-electron chi connectivity index (χ4n) is 2.08. The molecule has 3 rings (SSSR count). The number of nitrogens with two attached hydrogens (primary N) is 1. The predicted octanol–water partition coefficient (Wildman–Crippen LogP) is 3.45. The summed E-state index contributed by atoms with van der Waals surface area (Å²) < 4.78 is 19.1. The molecule has 0 saturated heterocycles. The van der Waals surface area contributed by atoms with E-state index in [-0.39, 0.29) is 11.4 Å². The molecule has 0 atom stereocenters. The van der Waals surface area contributed by atoms with Gasteiger partial charge in [-0.2, -0.15) is 0 Å². The number of halogens is 1. The van der Waals surface area contributed by atoms with Crippen molar-refractivity contribution < 1.29 is 9.13 Å². The summed E-state index contributed by atoms with van der Waals surface area (Å²) in [4.78, 5) is 4.29. The van der Waals surface area contributed by atoms with Crippen LogP contribution in [0.1, 0.15) is 5.56 Å². The van der Waals surface area contributed by atoms with Crippen LogP contribution in [0.2, 0.25) is 0 Å². The summed E-state index contributed by atoms with van der Waals surface area (Å²) >= 11 is 0. The van der Waals surface area contributed by atoms with Crippen LogP contribution in [-0.4, -0.2) is 10.8 Å². The zero-order chi connectivity index (χ0) is 14.8. The van der Waals surface area contributed by atoms with Crippen molar-refractivity contribution in [3.63, 3.8) is 0 Å². The molecule has 1 heterocycles. The number of ether oxygens (including phenoxy) is 1. The Balaban J connectivity index is 2.09. The smallest absolute Gasteiger partial charge is 0.153 e. The first-order valence-electron chi connectivity index (χ1n) is 6.31. The van der Waals surface area contributed by atoms with E-state index >= 15 is 0 Å². The maximum atomic E-state index is 13.3. The van der Waals surface area contributed by atoms with Gasteiger partial charge < -0.3 is 10.5 Å². The Kier molecular flexibility index (Phi) is 3.23. The normalized spacial score (nSPS) is 10.5. The number of aromatic nitrogens is 1. The van der Waals surface area contributed by atoms with Gasteiger partial charge in [-0.25, -0.2) is 4.39 Å². The SMILES string of the molecule is N=C(N)c1cc(F)ccc1Oc1cccc2cccnc12. The van der Waals surface area contributed by atoms with Crippen LogP contribution in [0.3, 0.4) is 0 Å². The molecule has 0 aliphatic carbocycles. The summed E-state index contributed by atoms with van der Waals surface area (Å²) in [6, 6.07) is 13.2. The standard InChI is InChI=1S/C16H12FN3O/c17-11-6-7-13(12(9-11)16(18)19)21-14-5-1-3-10-4-2-8-20-15(10)14/h1-9H,(H3,18,19). The average Bonchev–Trinajstić information content (AvgIpc) is 2.49. The summed E-state index contributed by atoms with van der Waals surface area (Å²) in [5, 5.41) is 8.45. The highest BCUT2D eigenvalue weighted by Gasteiger charge is 2.11. The lowest BCUT2D eigenvalue weighted by Gasteiger charge is -2.11. The summed E-state index contributed by atoms with van der Waals surface area (Å²) in [5.41, 5.74) is 6.38. The molecular formula is C16H12FN3O. The van der Waals surface area contributed by atoms with E-state index in [9.17, 15) is 4.39 Å². The number of amidine groups is 1. The molecule has 0 saturated carbocycles. The first kappa shape index (κ1) is 13.1. The minimum Gasteiger partial charge on any atom is -0.454 e. The zero-order valence-corrected chi connectivity index (χ0v) is 11.0. The molecule has 104 valence electrons. The second-order valence-electron chi connectivity index (χ2n) is 4.49. The van der Waals surface area contributed by atoms with E-state index in [0.29, 0.717) is 17.0 Å². The number of rotatable bonds is 3. The van der Waals surface area contributed by atoms with Gasteiger partial charge in [0.15, 0.2) is 5.75 Å². The molecule has 3 aromatic rings. The van der Waals surface area contributed by atoms with Crippen LogP contribution in [0.4, 0.5) is 4.39 Å². The van der Waals surface area contributed by atoms with E-state index in [4.69, 9.17) is 15.9 Å². The third-order valence-corrected chi connectivity index (χ3v) is 3.05. The first-order valence-corrected chi connectivity index (χ1v) is 6.31. The highest BCUT2D eigenvalue weighted by molar-refractivity contribution is 5.98. The van der Waals surface area contributed by atoms with Crippen LogP contribution in [0.5, 0.6) is 11.5 Å². The van der Waals surface area contributed by atoms with Crippen molar-refractivity contribution in [3.8, 4) is 11.5 Å². The first-order chi connectivity index (χ1) is 10.1. The van der Waals surface area contributed by atoms with Crippen LogP contribution < -0.4 is 10.5 Å². The number of benzene rings is 2. The number of hydrogen-bond acceptors (Lipinski definition) is 3. The highest BCUT2D eigenvalue weighted by atomic mass is 19.1. The molecule has 1 aromatic heterocycles. The summed E-state index contributed by atoms with van der Waals surface area (Å²) in [7, 11) is 0. The number of fused-ring (bicyclic) bond motifs is 1. The molecule has 0 fully saturated rings. The molecule has 0 unspecified atom stereocenters. The molecule has 0 amide bonds. The molecule has 0 spiro atoms. The summed E-state index contributed by atoms with van der Waals surface area (Å²) in [6.07, 6.45) is 1.67. The molecule has 5 heteroatoms. The predicted molar refractivity (Wildman–Crippen MR) is 79.2 cm³/mol. The Morgan fingerprint density at radius 1 is 1.10 bits per heavy atom. The van der Waals surface area contributed by atoms with Gasteiger partial charge in [0.05, 0.1) is 5.56 Å². The van der Waals surface area contributed by atoms with E-state index in [0.717, 1.165) is 5.39 Å². The van der Waals surface area contributed by atoms with Crippen molar-refractivity contribution in [2.45, 2.75) is 0 Å².